The van der Waals surface area contributed by atoms with Crippen LogP contribution in [0.1, 0.15) is 5.56 Å². The van der Waals surface area contributed by atoms with Crippen molar-refractivity contribution in [1.29, 1.82) is 0 Å². The van der Waals surface area contributed by atoms with Gasteiger partial charge < -0.3 is 5.11 Å². The first-order valence-electron chi connectivity index (χ1n) is 15.6. The van der Waals surface area contributed by atoms with E-state index in [2.05, 4.69) is 84.3 Å². The molecule has 3 heterocycles. The zero-order chi connectivity index (χ0) is 31.7. The zero-order valence-electron chi connectivity index (χ0n) is 25.7. The maximum atomic E-state index is 10.9. The number of phenols is 1. The topological polar surface area (TPSA) is 63.8 Å². The van der Waals surface area contributed by atoms with Crippen LogP contribution < -0.4 is 0 Å². The molecule has 8 aromatic rings. The molecular weight excluding hydrogens is 576 g/mol. The quantitative estimate of drug-likeness (QED) is 0.205. The molecule has 0 unspecified atom stereocenters. The highest BCUT2D eigenvalue weighted by Crippen LogP contribution is 2.39. The Labute approximate surface area is 273 Å². The fraction of sp³-hybridized carbons (Fsp3) is 0.0238. The molecule has 224 valence electrons. The van der Waals surface area contributed by atoms with Gasteiger partial charge in [0.15, 0.2) is 0 Å². The summed E-state index contributed by atoms with van der Waals surface area (Å²) in [5.41, 5.74) is 12.4. The molecule has 0 radical (unpaired) electrons. The molecule has 5 nitrogen and oxygen atoms in total. The average Bonchev–Trinajstić information content (AvgIpc) is 3.52. The van der Waals surface area contributed by atoms with Crippen molar-refractivity contribution in [3.63, 3.8) is 0 Å². The maximum absolute atomic E-state index is 10.9. The molecule has 1 N–H and O–H groups in total. The van der Waals surface area contributed by atoms with E-state index in [1.807, 2.05) is 79.1 Å². The number of nitrogens with zero attached hydrogens (tertiary/aromatic N) is 4. The van der Waals surface area contributed by atoms with Crippen LogP contribution in [0.4, 0.5) is 0 Å². The third kappa shape index (κ3) is 5.24. The Hall–Kier alpha value is -6.33. The summed E-state index contributed by atoms with van der Waals surface area (Å²) in [4.78, 5) is 15.0. The third-order valence-corrected chi connectivity index (χ3v) is 8.53. The van der Waals surface area contributed by atoms with Gasteiger partial charge in [-0.1, -0.05) is 91.0 Å². The standard InChI is InChI=1S/C42H30N4O/c1-28-27-44-37(26-36(28)30-15-7-3-8-16-30)32-23-31(29-13-5-2-6-14-29)24-33(25-32)40-41-38(21-22-43-40)46(34-17-9-4-10-18-34)42(45-41)35-19-11-12-20-39(35)47/h2-27,47H,1H3. The van der Waals surface area contributed by atoms with Gasteiger partial charge in [0.1, 0.15) is 17.1 Å². The molecule has 0 aliphatic carbocycles. The summed E-state index contributed by atoms with van der Waals surface area (Å²) in [6.07, 6.45) is 3.78. The van der Waals surface area contributed by atoms with Gasteiger partial charge in [0.05, 0.1) is 22.5 Å². The molecule has 0 amide bonds. The summed E-state index contributed by atoms with van der Waals surface area (Å²) < 4.78 is 2.09. The Morgan fingerprint density at radius 3 is 1.94 bits per heavy atom. The fourth-order valence-corrected chi connectivity index (χ4v) is 6.22. The first-order chi connectivity index (χ1) is 23.1. The van der Waals surface area contributed by atoms with Crippen molar-refractivity contribution in [3.8, 4) is 67.6 Å². The number of hydrogen-bond donors (Lipinski definition) is 1. The monoisotopic (exact) mass is 606 g/mol. The van der Waals surface area contributed by atoms with Crippen LogP contribution in [0.15, 0.2) is 158 Å². The van der Waals surface area contributed by atoms with E-state index in [0.29, 0.717) is 11.4 Å². The number of imidazole rings is 1. The lowest BCUT2D eigenvalue weighted by Crippen LogP contribution is -1.97. The van der Waals surface area contributed by atoms with E-state index >= 15 is 0 Å². The molecule has 0 spiro atoms. The highest BCUT2D eigenvalue weighted by atomic mass is 16.3. The summed E-state index contributed by atoms with van der Waals surface area (Å²) in [7, 11) is 0. The van der Waals surface area contributed by atoms with Crippen LogP contribution in [0.5, 0.6) is 5.75 Å². The SMILES string of the molecule is Cc1cnc(-c2cc(-c3ccccc3)cc(-c3nccc4c3nc(-c3ccccc3O)n4-c3ccccc3)c2)cc1-c1ccccc1. The van der Waals surface area contributed by atoms with Crippen LogP contribution in [-0.2, 0) is 0 Å². The summed E-state index contributed by atoms with van der Waals surface area (Å²) in [6.45, 7) is 2.10. The Kier molecular flexibility index (Phi) is 7.12. The number of pyridine rings is 2. The summed E-state index contributed by atoms with van der Waals surface area (Å²) in [5.74, 6) is 0.813. The predicted octanol–water partition coefficient (Wildman–Crippen LogP) is 10.2. The number of rotatable bonds is 6. The van der Waals surface area contributed by atoms with Crippen molar-refractivity contribution in [2.24, 2.45) is 0 Å². The minimum Gasteiger partial charge on any atom is -0.507 e. The molecule has 0 bridgehead atoms. The summed E-state index contributed by atoms with van der Waals surface area (Å²) in [5, 5.41) is 10.9. The molecule has 0 fully saturated rings. The Balaban J connectivity index is 1.38. The maximum Gasteiger partial charge on any atom is 0.149 e. The number of aromatic nitrogens is 4. The van der Waals surface area contributed by atoms with Crippen molar-refractivity contribution < 1.29 is 5.11 Å². The van der Waals surface area contributed by atoms with Crippen LogP contribution in [0, 0.1) is 6.92 Å². The number of benzene rings is 5. The third-order valence-electron chi connectivity index (χ3n) is 8.53. The van der Waals surface area contributed by atoms with Gasteiger partial charge in [0.25, 0.3) is 0 Å². The highest BCUT2D eigenvalue weighted by Gasteiger charge is 2.21. The second-order valence-corrected chi connectivity index (χ2v) is 11.6. The van der Waals surface area contributed by atoms with Gasteiger partial charge in [-0.25, -0.2) is 4.98 Å². The fourth-order valence-electron chi connectivity index (χ4n) is 6.22. The predicted molar refractivity (Wildman–Crippen MR) is 190 cm³/mol. The summed E-state index contributed by atoms with van der Waals surface area (Å²) in [6, 6.07) is 48.9. The number of phenolic OH excluding ortho intramolecular Hbond substituents is 1. The molecule has 0 saturated heterocycles. The molecule has 0 aliphatic heterocycles. The van der Waals surface area contributed by atoms with Crippen molar-refractivity contribution in [1.82, 2.24) is 19.5 Å². The van der Waals surface area contributed by atoms with Crippen LogP contribution in [0.3, 0.4) is 0 Å². The van der Waals surface area contributed by atoms with E-state index in [9.17, 15) is 5.11 Å². The molecule has 0 saturated carbocycles. The zero-order valence-corrected chi connectivity index (χ0v) is 25.7. The molecule has 8 rings (SSSR count). The minimum atomic E-state index is 0.169. The van der Waals surface area contributed by atoms with E-state index in [-0.39, 0.29) is 5.75 Å². The second-order valence-electron chi connectivity index (χ2n) is 11.6. The van der Waals surface area contributed by atoms with Crippen LogP contribution in [-0.4, -0.2) is 24.6 Å². The average molecular weight is 607 g/mol. The number of hydrogen-bond acceptors (Lipinski definition) is 4. The lowest BCUT2D eigenvalue weighted by atomic mass is 9.94. The van der Waals surface area contributed by atoms with Crippen molar-refractivity contribution in [3.05, 3.63) is 164 Å². The molecule has 0 aliphatic rings. The largest absolute Gasteiger partial charge is 0.507 e. The van der Waals surface area contributed by atoms with Crippen LogP contribution >= 0.6 is 0 Å². The van der Waals surface area contributed by atoms with Gasteiger partial charge in [0.2, 0.25) is 0 Å². The molecule has 47 heavy (non-hydrogen) atoms. The first kappa shape index (κ1) is 28.2. The Morgan fingerprint density at radius 2 is 1.19 bits per heavy atom. The van der Waals surface area contributed by atoms with E-state index in [0.717, 1.165) is 67.1 Å². The van der Waals surface area contributed by atoms with Gasteiger partial charge in [-0.15, -0.1) is 0 Å². The van der Waals surface area contributed by atoms with Crippen molar-refractivity contribution in [2.45, 2.75) is 6.92 Å². The molecular formula is C42H30N4O. The molecule has 5 heteroatoms. The van der Waals surface area contributed by atoms with E-state index in [1.165, 1.54) is 0 Å². The number of aryl methyl sites for hydroxylation is 1. The number of aromatic hydroxyl groups is 1. The lowest BCUT2D eigenvalue weighted by molar-refractivity contribution is 0.477. The second kappa shape index (κ2) is 11.9. The van der Waals surface area contributed by atoms with Gasteiger partial charge in [-0.05, 0) is 89.3 Å². The van der Waals surface area contributed by atoms with E-state index < -0.39 is 0 Å². The van der Waals surface area contributed by atoms with Crippen LogP contribution in [0.25, 0.3) is 72.9 Å². The Morgan fingerprint density at radius 1 is 0.553 bits per heavy atom. The summed E-state index contributed by atoms with van der Waals surface area (Å²) >= 11 is 0. The van der Waals surface area contributed by atoms with E-state index in [1.54, 1.807) is 6.07 Å². The van der Waals surface area contributed by atoms with Gasteiger partial charge in [0, 0.05) is 29.2 Å². The highest BCUT2D eigenvalue weighted by molar-refractivity contribution is 5.95. The molecule has 5 aromatic carbocycles. The van der Waals surface area contributed by atoms with Crippen molar-refractivity contribution in [2.75, 3.05) is 0 Å². The Bertz CT molecular complexity index is 2370. The normalized spacial score (nSPS) is 11.2. The molecule has 0 atom stereocenters. The minimum absolute atomic E-state index is 0.169. The van der Waals surface area contributed by atoms with E-state index in [4.69, 9.17) is 15.0 Å². The lowest BCUT2D eigenvalue weighted by Gasteiger charge is -2.13. The molecule has 3 aromatic heterocycles. The number of para-hydroxylation sites is 2. The first-order valence-corrected chi connectivity index (χ1v) is 15.6. The van der Waals surface area contributed by atoms with Gasteiger partial charge in [-0.3, -0.25) is 14.5 Å². The smallest absolute Gasteiger partial charge is 0.149 e. The van der Waals surface area contributed by atoms with Crippen LogP contribution in [0.2, 0.25) is 0 Å². The van der Waals surface area contributed by atoms with Gasteiger partial charge >= 0.3 is 0 Å². The van der Waals surface area contributed by atoms with Gasteiger partial charge in [-0.2, -0.15) is 0 Å². The number of fused-ring (bicyclic) bond motifs is 1. The van der Waals surface area contributed by atoms with Crippen molar-refractivity contribution >= 4 is 11.0 Å².